The van der Waals surface area contributed by atoms with Crippen molar-refractivity contribution < 1.29 is 18.4 Å². The Labute approximate surface area is 145 Å². The van der Waals surface area contributed by atoms with Gasteiger partial charge in [0.2, 0.25) is 11.8 Å². The molecule has 7 heteroatoms. The highest BCUT2D eigenvalue weighted by Gasteiger charge is 2.44. The molecule has 5 nitrogen and oxygen atoms in total. The lowest BCUT2D eigenvalue weighted by Crippen LogP contribution is -2.42. The van der Waals surface area contributed by atoms with E-state index in [9.17, 15) is 18.4 Å². The summed E-state index contributed by atoms with van der Waals surface area (Å²) >= 11 is 0. The summed E-state index contributed by atoms with van der Waals surface area (Å²) in [7, 11) is 0. The lowest BCUT2D eigenvalue weighted by molar-refractivity contribution is -0.128. The van der Waals surface area contributed by atoms with Gasteiger partial charge in [0.05, 0.1) is 0 Å². The molecule has 2 saturated heterocycles. The molecule has 0 aromatic heterocycles. The van der Waals surface area contributed by atoms with Gasteiger partial charge < -0.3 is 15.5 Å². The summed E-state index contributed by atoms with van der Waals surface area (Å²) in [5.74, 6) is -2.00. The van der Waals surface area contributed by atoms with Gasteiger partial charge in [-0.05, 0) is 49.0 Å². The van der Waals surface area contributed by atoms with E-state index in [4.69, 9.17) is 5.73 Å². The lowest BCUT2D eigenvalue weighted by atomic mass is 9.77. The van der Waals surface area contributed by atoms with Crippen LogP contribution in [0.3, 0.4) is 0 Å². The molecule has 0 aliphatic carbocycles. The number of primary amides is 1. The van der Waals surface area contributed by atoms with Gasteiger partial charge in [-0.3, -0.25) is 9.59 Å². The Bertz CT molecular complexity index is 672. The molecule has 2 aliphatic rings. The molecule has 1 spiro atoms. The quantitative estimate of drug-likeness (QED) is 0.877. The minimum Gasteiger partial charge on any atom is -0.370 e. The third-order valence-electron chi connectivity index (χ3n) is 5.35. The standard InChI is InChI=1S/C18H23F2N3O2/c19-14-2-1-13(9-15(14)20)11-23-12-18(10-17(23)25)4-7-22(8-5-18)6-3-16(21)24/h1-2,9H,3-8,10-12H2,(H2,21,24). The van der Waals surface area contributed by atoms with Crippen molar-refractivity contribution in [3.05, 3.63) is 35.4 Å². The lowest BCUT2D eigenvalue weighted by Gasteiger charge is -2.38. The van der Waals surface area contributed by atoms with E-state index in [-0.39, 0.29) is 17.2 Å². The fourth-order valence-corrected chi connectivity index (χ4v) is 3.84. The molecule has 0 unspecified atom stereocenters. The number of likely N-dealkylation sites (tertiary alicyclic amines) is 2. The van der Waals surface area contributed by atoms with Gasteiger partial charge in [0.1, 0.15) is 0 Å². The average Bonchev–Trinajstić information content (AvgIpc) is 2.86. The van der Waals surface area contributed by atoms with Gasteiger partial charge in [0, 0.05) is 32.5 Å². The van der Waals surface area contributed by atoms with Crippen molar-refractivity contribution in [2.24, 2.45) is 11.1 Å². The molecule has 1 aromatic carbocycles. The van der Waals surface area contributed by atoms with Crippen molar-refractivity contribution in [3.8, 4) is 0 Å². The van der Waals surface area contributed by atoms with Gasteiger partial charge in [0.15, 0.2) is 11.6 Å². The maximum Gasteiger partial charge on any atom is 0.223 e. The van der Waals surface area contributed by atoms with Crippen LogP contribution in [0, 0.1) is 17.0 Å². The third-order valence-corrected chi connectivity index (χ3v) is 5.35. The Morgan fingerprint density at radius 2 is 1.92 bits per heavy atom. The zero-order chi connectivity index (χ0) is 18.0. The summed E-state index contributed by atoms with van der Waals surface area (Å²) in [6.45, 7) is 3.31. The van der Waals surface area contributed by atoms with Gasteiger partial charge in [0.25, 0.3) is 0 Å². The minimum atomic E-state index is -0.887. The normalized spacial score (nSPS) is 20.4. The van der Waals surface area contributed by atoms with Gasteiger partial charge in [-0.2, -0.15) is 0 Å². The monoisotopic (exact) mass is 351 g/mol. The molecule has 0 saturated carbocycles. The summed E-state index contributed by atoms with van der Waals surface area (Å²) in [4.78, 5) is 27.2. The van der Waals surface area contributed by atoms with E-state index >= 15 is 0 Å². The average molecular weight is 351 g/mol. The predicted molar refractivity (Wildman–Crippen MR) is 88.3 cm³/mol. The number of carbonyl (C=O) groups is 2. The molecule has 3 rings (SSSR count). The topological polar surface area (TPSA) is 66.6 Å². The highest BCUT2D eigenvalue weighted by Crippen LogP contribution is 2.41. The molecule has 25 heavy (non-hydrogen) atoms. The van der Waals surface area contributed by atoms with Crippen LogP contribution in [0.25, 0.3) is 0 Å². The second-order valence-electron chi connectivity index (χ2n) is 7.23. The zero-order valence-corrected chi connectivity index (χ0v) is 14.1. The number of carbonyl (C=O) groups excluding carboxylic acids is 2. The molecule has 2 heterocycles. The van der Waals surface area contributed by atoms with E-state index in [1.165, 1.54) is 6.07 Å². The van der Waals surface area contributed by atoms with Crippen molar-refractivity contribution in [1.82, 2.24) is 9.80 Å². The molecule has 2 fully saturated rings. The number of hydrogen-bond donors (Lipinski definition) is 1. The number of rotatable bonds is 5. The SMILES string of the molecule is NC(=O)CCN1CCC2(CC1)CC(=O)N(Cc1ccc(F)c(F)c1)C2. The second kappa shape index (κ2) is 7.07. The van der Waals surface area contributed by atoms with Crippen LogP contribution in [0.15, 0.2) is 18.2 Å². The number of nitrogens with zero attached hydrogens (tertiary/aromatic N) is 2. The van der Waals surface area contributed by atoms with E-state index in [1.54, 1.807) is 4.90 Å². The van der Waals surface area contributed by atoms with E-state index in [1.807, 2.05) is 0 Å². The van der Waals surface area contributed by atoms with Crippen molar-refractivity contribution in [2.75, 3.05) is 26.2 Å². The Morgan fingerprint density at radius 1 is 1.20 bits per heavy atom. The molecule has 1 aromatic rings. The van der Waals surface area contributed by atoms with Crippen LogP contribution in [0.2, 0.25) is 0 Å². The Balaban J connectivity index is 1.57. The Kier molecular flexibility index (Phi) is 5.03. The van der Waals surface area contributed by atoms with Crippen LogP contribution in [0.5, 0.6) is 0 Å². The molecule has 136 valence electrons. The van der Waals surface area contributed by atoms with Gasteiger partial charge in [-0.15, -0.1) is 0 Å². The first-order chi connectivity index (χ1) is 11.9. The first kappa shape index (κ1) is 17.8. The summed E-state index contributed by atoms with van der Waals surface area (Å²) in [6, 6.07) is 3.77. The largest absolute Gasteiger partial charge is 0.370 e. The summed E-state index contributed by atoms with van der Waals surface area (Å²) in [5.41, 5.74) is 5.75. The van der Waals surface area contributed by atoms with Crippen molar-refractivity contribution in [3.63, 3.8) is 0 Å². The Hall–Kier alpha value is -2.02. The number of halogens is 2. The fourth-order valence-electron chi connectivity index (χ4n) is 3.84. The summed E-state index contributed by atoms with van der Waals surface area (Å²) < 4.78 is 26.4. The highest BCUT2D eigenvalue weighted by atomic mass is 19.2. The molecular formula is C18H23F2N3O2. The molecule has 0 bridgehead atoms. The summed E-state index contributed by atoms with van der Waals surface area (Å²) in [6.07, 6.45) is 2.64. The van der Waals surface area contributed by atoms with Gasteiger partial charge >= 0.3 is 0 Å². The number of piperidine rings is 1. The summed E-state index contributed by atoms with van der Waals surface area (Å²) in [5, 5.41) is 0. The highest BCUT2D eigenvalue weighted by molar-refractivity contribution is 5.79. The van der Waals surface area contributed by atoms with Gasteiger partial charge in [-0.25, -0.2) is 8.78 Å². The molecule has 0 radical (unpaired) electrons. The smallest absolute Gasteiger partial charge is 0.223 e. The van der Waals surface area contributed by atoms with E-state index < -0.39 is 11.6 Å². The molecule has 2 N–H and O–H groups in total. The Morgan fingerprint density at radius 3 is 2.56 bits per heavy atom. The van der Waals surface area contributed by atoms with Crippen molar-refractivity contribution in [2.45, 2.75) is 32.2 Å². The fraction of sp³-hybridized carbons (Fsp3) is 0.556. The van der Waals surface area contributed by atoms with Crippen molar-refractivity contribution >= 4 is 11.8 Å². The molecule has 0 atom stereocenters. The minimum absolute atomic E-state index is 0.0428. The van der Waals surface area contributed by atoms with Crippen LogP contribution < -0.4 is 5.73 Å². The van der Waals surface area contributed by atoms with Crippen LogP contribution in [-0.4, -0.2) is 47.8 Å². The molecular weight excluding hydrogens is 328 g/mol. The predicted octanol–water partition coefficient (Wildman–Crippen LogP) is 1.65. The number of amides is 2. The zero-order valence-electron chi connectivity index (χ0n) is 14.1. The van der Waals surface area contributed by atoms with Crippen molar-refractivity contribution in [1.29, 1.82) is 0 Å². The number of benzene rings is 1. The maximum absolute atomic E-state index is 13.4. The number of nitrogens with two attached hydrogens (primary N) is 1. The van der Waals surface area contributed by atoms with E-state index in [2.05, 4.69) is 4.90 Å². The first-order valence-electron chi connectivity index (χ1n) is 8.59. The molecule has 2 aliphatic heterocycles. The van der Waals surface area contributed by atoms with Crippen LogP contribution >= 0.6 is 0 Å². The van der Waals surface area contributed by atoms with Crippen LogP contribution in [-0.2, 0) is 16.1 Å². The van der Waals surface area contributed by atoms with E-state index in [0.29, 0.717) is 38.0 Å². The van der Waals surface area contributed by atoms with Crippen LogP contribution in [0.1, 0.15) is 31.2 Å². The third kappa shape index (κ3) is 4.15. The molecule has 2 amide bonds. The van der Waals surface area contributed by atoms with Gasteiger partial charge in [-0.1, -0.05) is 6.07 Å². The first-order valence-corrected chi connectivity index (χ1v) is 8.59. The van der Waals surface area contributed by atoms with E-state index in [0.717, 1.165) is 38.1 Å². The number of hydrogen-bond acceptors (Lipinski definition) is 3. The maximum atomic E-state index is 13.4. The second-order valence-corrected chi connectivity index (χ2v) is 7.23. The van der Waals surface area contributed by atoms with Crippen LogP contribution in [0.4, 0.5) is 8.78 Å².